The Hall–Kier alpha value is -2.78. The van der Waals surface area contributed by atoms with E-state index in [1.54, 1.807) is 6.92 Å². The monoisotopic (exact) mass is 509 g/mol. The van der Waals surface area contributed by atoms with Crippen molar-refractivity contribution < 1.29 is 22.7 Å². The summed E-state index contributed by atoms with van der Waals surface area (Å²) in [6.45, 7) is 5.12. The van der Waals surface area contributed by atoms with Crippen LogP contribution < -0.4 is 14.4 Å². The van der Waals surface area contributed by atoms with Gasteiger partial charge in [0.05, 0.1) is 24.1 Å². The summed E-state index contributed by atoms with van der Waals surface area (Å²) in [5, 5.41) is 3.10. The second kappa shape index (κ2) is 12.1. The lowest BCUT2D eigenvalue weighted by Crippen LogP contribution is -2.52. The molecular weight excluding hydrogens is 478 g/mol. The van der Waals surface area contributed by atoms with Crippen LogP contribution in [0.3, 0.4) is 0 Å². The van der Waals surface area contributed by atoms with Crippen molar-refractivity contribution in [3.63, 3.8) is 0 Å². The van der Waals surface area contributed by atoms with Gasteiger partial charge >= 0.3 is 0 Å². The Morgan fingerprint density at radius 3 is 2.29 bits per heavy atom. The molecule has 0 aliphatic heterocycles. The summed E-state index contributed by atoms with van der Waals surface area (Å²) in [7, 11) is -2.39. The maximum absolute atomic E-state index is 13.5. The molecule has 2 atom stereocenters. The number of ether oxygens (including phenoxy) is 1. The Labute approximate surface area is 206 Å². The second-order valence-electron chi connectivity index (χ2n) is 8.09. The van der Waals surface area contributed by atoms with Gasteiger partial charge in [-0.15, -0.1) is 0 Å². The summed E-state index contributed by atoms with van der Waals surface area (Å²) in [6, 6.07) is 12.8. The number of benzene rings is 2. The van der Waals surface area contributed by atoms with Crippen molar-refractivity contribution in [3.8, 4) is 5.75 Å². The van der Waals surface area contributed by atoms with Crippen molar-refractivity contribution in [3.05, 3.63) is 59.1 Å². The first-order valence-corrected chi connectivity index (χ1v) is 13.2. The Morgan fingerprint density at radius 2 is 1.76 bits per heavy atom. The van der Waals surface area contributed by atoms with Gasteiger partial charge in [-0.05, 0) is 44.0 Å². The Bertz CT molecular complexity index is 1100. The van der Waals surface area contributed by atoms with Gasteiger partial charge in [0.1, 0.15) is 18.3 Å². The highest BCUT2D eigenvalue weighted by atomic mass is 35.5. The number of carbonyl (C=O) groups is 2. The highest BCUT2D eigenvalue weighted by Crippen LogP contribution is 2.30. The normalized spacial score (nSPS) is 13.0. The minimum absolute atomic E-state index is 0.0578. The molecule has 0 aliphatic rings. The molecule has 34 heavy (non-hydrogen) atoms. The Balaban J connectivity index is 2.38. The van der Waals surface area contributed by atoms with Crippen LogP contribution >= 0.6 is 11.6 Å². The molecule has 2 amide bonds. The number of nitrogens with zero attached hydrogens (tertiary/aromatic N) is 2. The maximum Gasteiger partial charge on any atom is 0.244 e. The van der Waals surface area contributed by atoms with Crippen molar-refractivity contribution in [2.45, 2.75) is 45.8 Å². The number of halogens is 1. The van der Waals surface area contributed by atoms with Gasteiger partial charge in [-0.2, -0.15) is 0 Å². The van der Waals surface area contributed by atoms with Crippen LogP contribution in [-0.2, 0) is 26.2 Å². The summed E-state index contributed by atoms with van der Waals surface area (Å²) in [6.07, 6.45) is 1.75. The van der Waals surface area contributed by atoms with Crippen LogP contribution in [0.25, 0.3) is 0 Å². The van der Waals surface area contributed by atoms with Crippen LogP contribution in [0.2, 0.25) is 5.02 Å². The highest BCUT2D eigenvalue weighted by molar-refractivity contribution is 7.92. The molecule has 0 aromatic heterocycles. The average Bonchev–Trinajstić information content (AvgIpc) is 2.80. The first-order valence-electron chi connectivity index (χ1n) is 10.9. The molecule has 1 N–H and O–H groups in total. The molecule has 0 spiro atoms. The van der Waals surface area contributed by atoms with E-state index in [-0.39, 0.29) is 29.2 Å². The third-order valence-electron chi connectivity index (χ3n) is 5.47. The van der Waals surface area contributed by atoms with Gasteiger partial charge in [0.2, 0.25) is 21.8 Å². The van der Waals surface area contributed by atoms with Crippen molar-refractivity contribution >= 4 is 39.1 Å². The van der Waals surface area contributed by atoms with E-state index in [0.29, 0.717) is 5.75 Å². The van der Waals surface area contributed by atoms with Crippen LogP contribution in [0.1, 0.15) is 32.8 Å². The van der Waals surface area contributed by atoms with Crippen molar-refractivity contribution in [1.82, 2.24) is 10.2 Å². The number of hydrogen-bond donors (Lipinski definition) is 1. The molecule has 8 nitrogen and oxygen atoms in total. The highest BCUT2D eigenvalue weighted by Gasteiger charge is 2.30. The maximum atomic E-state index is 13.5. The molecule has 0 saturated carbocycles. The number of hydrogen-bond acceptors (Lipinski definition) is 5. The number of carbonyl (C=O) groups excluding carboxylic acids is 2. The van der Waals surface area contributed by atoms with Crippen LogP contribution in [0.4, 0.5) is 5.69 Å². The van der Waals surface area contributed by atoms with Crippen LogP contribution in [-0.4, -0.2) is 57.1 Å². The standard InChI is InChI=1S/C24H32ClN3O5S/c1-6-17(2)26-24(30)18(3)27(15-19-10-8-7-9-11-19)23(29)16-28(34(5,31)32)20-12-13-22(33-4)21(25)14-20/h7-14,17-18H,6,15-16H2,1-5H3,(H,26,30)/t17-,18-/m0/s1. The van der Waals surface area contributed by atoms with Crippen molar-refractivity contribution in [2.75, 3.05) is 24.2 Å². The molecule has 0 radical (unpaired) electrons. The number of nitrogens with one attached hydrogen (secondary N) is 1. The molecule has 2 rings (SSSR count). The van der Waals surface area contributed by atoms with Gasteiger partial charge in [0, 0.05) is 12.6 Å². The molecule has 2 aromatic rings. The van der Waals surface area contributed by atoms with Crippen molar-refractivity contribution in [1.29, 1.82) is 0 Å². The SMILES string of the molecule is CC[C@H](C)NC(=O)[C@H](C)N(Cc1ccccc1)C(=O)CN(c1ccc(OC)c(Cl)c1)S(C)(=O)=O. The van der Waals surface area contributed by atoms with Crippen LogP contribution in [0.5, 0.6) is 5.75 Å². The zero-order valence-electron chi connectivity index (χ0n) is 20.1. The molecule has 186 valence electrons. The predicted molar refractivity (Wildman–Crippen MR) is 135 cm³/mol. The molecule has 0 bridgehead atoms. The summed E-state index contributed by atoms with van der Waals surface area (Å²) in [5.74, 6) is -0.448. The molecular formula is C24H32ClN3O5S. The summed E-state index contributed by atoms with van der Waals surface area (Å²) in [5.41, 5.74) is 1.04. The van der Waals surface area contributed by atoms with Gasteiger partial charge in [-0.1, -0.05) is 48.9 Å². The lowest BCUT2D eigenvalue weighted by atomic mass is 10.1. The molecule has 10 heteroatoms. The molecule has 0 fully saturated rings. The third kappa shape index (κ3) is 7.36. The van der Waals surface area contributed by atoms with Crippen LogP contribution in [0.15, 0.2) is 48.5 Å². The van der Waals surface area contributed by atoms with E-state index < -0.39 is 28.5 Å². The van der Waals surface area contributed by atoms with E-state index in [9.17, 15) is 18.0 Å². The van der Waals surface area contributed by atoms with E-state index in [4.69, 9.17) is 16.3 Å². The minimum Gasteiger partial charge on any atom is -0.495 e. The third-order valence-corrected chi connectivity index (χ3v) is 6.90. The number of anilines is 1. The lowest BCUT2D eigenvalue weighted by molar-refractivity contribution is -0.139. The molecule has 0 unspecified atom stereocenters. The van der Waals surface area contributed by atoms with E-state index in [1.807, 2.05) is 44.2 Å². The zero-order chi connectivity index (χ0) is 25.5. The number of amides is 2. The number of rotatable bonds is 11. The van der Waals surface area contributed by atoms with Gasteiger partial charge in [0.15, 0.2) is 0 Å². The molecule has 0 heterocycles. The fourth-order valence-corrected chi connectivity index (χ4v) is 4.35. The van der Waals surface area contributed by atoms with E-state index >= 15 is 0 Å². The lowest BCUT2D eigenvalue weighted by Gasteiger charge is -2.32. The van der Waals surface area contributed by atoms with E-state index in [1.165, 1.54) is 30.2 Å². The number of methoxy groups -OCH3 is 1. The minimum atomic E-state index is -3.84. The summed E-state index contributed by atoms with van der Waals surface area (Å²) in [4.78, 5) is 27.7. The summed E-state index contributed by atoms with van der Waals surface area (Å²) < 4.78 is 31.3. The Kier molecular flexibility index (Phi) is 9.76. The second-order valence-corrected chi connectivity index (χ2v) is 10.4. The van der Waals surface area contributed by atoms with Gasteiger partial charge in [0.25, 0.3) is 0 Å². The first kappa shape index (κ1) is 27.5. The van der Waals surface area contributed by atoms with Crippen LogP contribution in [0, 0.1) is 0 Å². The quantitative estimate of drug-likeness (QED) is 0.500. The van der Waals surface area contributed by atoms with Gasteiger partial charge < -0.3 is 15.0 Å². The average molecular weight is 510 g/mol. The topological polar surface area (TPSA) is 96.0 Å². The van der Waals surface area contributed by atoms with Gasteiger partial charge in [-0.25, -0.2) is 8.42 Å². The molecule has 2 aromatic carbocycles. The van der Waals surface area contributed by atoms with Crippen molar-refractivity contribution in [2.24, 2.45) is 0 Å². The number of sulfonamides is 1. The molecule has 0 saturated heterocycles. The fraction of sp³-hybridized carbons (Fsp3) is 0.417. The largest absolute Gasteiger partial charge is 0.495 e. The van der Waals surface area contributed by atoms with E-state index in [0.717, 1.165) is 22.5 Å². The summed E-state index contributed by atoms with van der Waals surface area (Å²) >= 11 is 6.19. The Morgan fingerprint density at radius 1 is 1.12 bits per heavy atom. The fourth-order valence-electron chi connectivity index (χ4n) is 3.25. The zero-order valence-corrected chi connectivity index (χ0v) is 21.7. The molecule has 0 aliphatic carbocycles. The first-order chi connectivity index (χ1) is 16.0. The predicted octanol–water partition coefficient (Wildman–Crippen LogP) is 3.45. The van der Waals surface area contributed by atoms with E-state index in [2.05, 4.69) is 5.32 Å². The smallest absolute Gasteiger partial charge is 0.244 e. The van der Waals surface area contributed by atoms with Gasteiger partial charge in [-0.3, -0.25) is 13.9 Å².